The second-order valence-electron chi connectivity index (χ2n) is 5.85. The Kier molecular flexibility index (Phi) is 3.00. The van der Waals surface area contributed by atoms with Crippen LogP contribution in [0.4, 0.5) is 0 Å². The average Bonchev–Trinajstić information content (AvgIpc) is 2.97. The van der Waals surface area contributed by atoms with E-state index in [0.717, 1.165) is 24.6 Å². The molecule has 1 aliphatic carbocycles. The Morgan fingerprint density at radius 2 is 2.13 bits per heavy atom. The molecule has 2 fully saturated rings. The highest BCUT2D eigenvalue weighted by Gasteiger charge is 2.41. The Morgan fingerprint density at radius 3 is 2.67 bits per heavy atom. The summed E-state index contributed by atoms with van der Waals surface area (Å²) < 4.78 is 0. The first-order valence-corrected chi connectivity index (χ1v) is 6.95. The Bertz CT molecular complexity index is 278. The molecule has 15 heavy (non-hydrogen) atoms. The zero-order chi connectivity index (χ0) is 10.9. The van der Waals surface area contributed by atoms with Crippen molar-refractivity contribution in [2.24, 2.45) is 11.3 Å². The van der Waals surface area contributed by atoms with Gasteiger partial charge in [-0.25, -0.2) is 0 Å². The third kappa shape index (κ3) is 2.89. The molecule has 1 atom stereocenters. The van der Waals surface area contributed by atoms with E-state index in [1.54, 1.807) is 0 Å². The summed E-state index contributed by atoms with van der Waals surface area (Å²) in [6, 6.07) is 2.52. The van der Waals surface area contributed by atoms with E-state index in [2.05, 4.69) is 25.2 Å². The quantitative estimate of drug-likeness (QED) is 0.799. The van der Waals surface area contributed by atoms with E-state index in [0.29, 0.717) is 5.41 Å². The minimum absolute atomic E-state index is 0.255. The van der Waals surface area contributed by atoms with Crippen molar-refractivity contribution in [3.8, 4) is 6.07 Å². The zero-order valence-electron chi connectivity index (χ0n) is 9.68. The molecule has 3 heteroatoms. The van der Waals surface area contributed by atoms with E-state index in [1.807, 2.05) is 11.8 Å². The van der Waals surface area contributed by atoms with E-state index >= 15 is 0 Å². The van der Waals surface area contributed by atoms with Crippen LogP contribution in [0.5, 0.6) is 0 Å². The fourth-order valence-electron chi connectivity index (χ4n) is 2.31. The lowest BCUT2D eigenvalue weighted by Gasteiger charge is -2.40. The van der Waals surface area contributed by atoms with Gasteiger partial charge in [-0.2, -0.15) is 17.0 Å². The van der Waals surface area contributed by atoms with Gasteiger partial charge < -0.3 is 0 Å². The van der Waals surface area contributed by atoms with Crippen molar-refractivity contribution in [1.29, 1.82) is 5.26 Å². The number of hydrogen-bond acceptors (Lipinski definition) is 3. The second-order valence-corrected chi connectivity index (χ2v) is 6.84. The minimum Gasteiger partial charge on any atom is -0.298 e. The van der Waals surface area contributed by atoms with Crippen LogP contribution in [0, 0.1) is 22.7 Å². The molecule has 0 bridgehead atoms. The SMILES string of the molecule is CC1(C)CSCC(C#N)(NCC2CC2)C1. The first-order valence-electron chi connectivity index (χ1n) is 5.79. The van der Waals surface area contributed by atoms with Gasteiger partial charge in [0, 0.05) is 5.75 Å². The molecule has 0 aromatic heterocycles. The fourth-order valence-corrected chi connectivity index (χ4v) is 3.68. The van der Waals surface area contributed by atoms with Gasteiger partial charge in [0.25, 0.3) is 0 Å². The van der Waals surface area contributed by atoms with Gasteiger partial charge in [0.05, 0.1) is 6.07 Å². The van der Waals surface area contributed by atoms with Crippen molar-refractivity contribution in [2.45, 2.75) is 38.6 Å². The summed E-state index contributed by atoms with van der Waals surface area (Å²) in [6.07, 6.45) is 3.70. The molecule has 2 aliphatic rings. The molecule has 0 aromatic carbocycles. The highest BCUT2D eigenvalue weighted by molar-refractivity contribution is 7.99. The summed E-state index contributed by atoms with van der Waals surface area (Å²) in [6.45, 7) is 5.58. The molecule has 2 rings (SSSR count). The summed E-state index contributed by atoms with van der Waals surface area (Å²) in [5, 5.41) is 12.9. The highest BCUT2D eigenvalue weighted by atomic mass is 32.2. The van der Waals surface area contributed by atoms with Crippen LogP contribution in [0.15, 0.2) is 0 Å². The number of nitrogens with zero attached hydrogens (tertiary/aromatic N) is 1. The van der Waals surface area contributed by atoms with Gasteiger partial charge in [0.15, 0.2) is 0 Å². The maximum Gasteiger partial charge on any atom is 0.116 e. The lowest BCUT2D eigenvalue weighted by Crippen LogP contribution is -2.53. The molecule has 84 valence electrons. The van der Waals surface area contributed by atoms with Gasteiger partial charge in [0.1, 0.15) is 5.54 Å². The molecular formula is C12H20N2S. The number of nitrogens with one attached hydrogen (secondary N) is 1. The van der Waals surface area contributed by atoms with Gasteiger partial charge in [-0.1, -0.05) is 13.8 Å². The molecule has 0 spiro atoms. The minimum atomic E-state index is -0.255. The topological polar surface area (TPSA) is 35.8 Å². The first-order chi connectivity index (χ1) is 7.05. The first kappa shape index (κ1) is 11.3. The van der Waals surface area contributed by atoms with Crippen LogP contribution in [-0.2, 0) is 0 Å². The maximum atomic E-state index is 9.38. The van der Waals surface area contributed by atoms with Crippen molar-refractivity contribution >= 4 is 11.8 Å². The molecule has 1 unspecified atom stereocenters. The van der Waals surface area contributed by atoms with Gasteiger partial charge in [-0.3, -0.25) is 5.32 Å². The zero-order valence-corrected chi connectivity index (χ0v) is 10.5. The summed E-state index contributed by atoms with van der Waals surface area (Å²) >= 11 is 1.92. The molecule has 1 saturated carbocycles. The van der Waals surface area contributed by atoms with Crippen LogP contribution < -0.4 is 5.32 Å². The standard InChI is InChI=1S/C12H20N2S/c1-11(2)6-12(7-13,9-15-8-11)14-5-10-3-4-10/h10,14H,3-6,8-9H2,1-2H3. The predicted octanol–water partition coefficient (Wildman–Crippen LogP) is 2.41. The van der Waals surface area contributed by atoms with Gasteiger partial charge in [-0.15, -0.1) is 0 Å². The molecule has 2 nitrogen and oxygen atoms in total. The third-order valence-corrected chi connectivity index (χ3v) is 4.94. The van der Waals surface area contributed by atoms with Crippen LogP contribution >= 0.6 is 11.8 Å². The molecular weight excluding hydrogens is 204 g/mol. The van der Waals surface area contributed by atoms with Crippen LogP contribution in [-0.4, -0.2) is 23.6 Å². The molecule has 1 aliphatic heterocycles. The third-order valence-electron chi connectivity index (χ3n) is 3.26. The number of thioether (sulfide) groups is 1. The highest BCUT2D eigenvalue weighted by Crippen LogP contribution is 2.39. The molecule has 1 saturated heterocycles. The van der Waals surface area contributed by atoms with E-state index in [1.165, 1.54) is 18.6 Å². The molecule has 1 N–H and O–H groups in total. The fraction of sp³-hybridized carbons (Fsp3) is 0.917. The second kappa shape index (κ2) is 3.99. The van der Waals surface area contributed by atoms with Crippen molar-refractivity contribution in [3.05, 3.63) is 0 Å². The van der Waals surface area contributed by atoms with Gasteiger partial charge in [-0.05, 0) is 42.9 Å². The smallest absolute Gasteiger partial charge is 0.116 e. The van der Waals surface area contributed by atoms with E-state index < -0.39 is 0 Å². The summed E-state index contributed by atoms with van der Waals surface area (Å²) in [5.74, 6) is 2.99. The number of nitriles is 1. The van der Waals surface area contributed by atoms with Gasteiger partial charge >= 0.3 is 0 Å². The van der Waals surface area contributed by atoms with Crippen molar-refractivity contribution in [3.63, 3.8) is 0 Å². The average molecular weight is 224 g/mol. The monoisotopic (exact) mass is 224 g/mol. The Hall–Kier alpha value is -0.200. The van der Waals surface area contributed by atoms with E-state index in [9.17, 15) is 5.26 Å². The largest absolute Gasteiger partial charge is 0.298 e. The summed E-state index contributed by atoms with van der Waals surface area (Å²) in [7, 11) is 0. The molecule has 1 heterocycles. The lowest BCUT2D eigenvalue weighted by atomic mass is 9.80. The van der Waals surface area contributed by atoms with Crippen molar-refractivity contribution in [2.75, 3.05) is 18.1 Å². The van der Waals surface area contributed by atoms with E-state index in [4.69, 9.17) is 0 Å². The molecule has 0 amide bonds. The Balaban J connectivity index is 1.96. The predicted molar refractivity (Wildman–Crippen MR) is 64.8 cm³/mol. The van der Waals surface area contributed by atoms with Crippen molar-refractivity contribution in [1.82, 2.24) is 5.32 Å². The lowest BCUT2D eigenvalue weighted by molar-refractivity contribution is 0.269. The molecule has 0 aromatic rings. The maximum absolute atomic E-state index is 9.38. The van der Waals surface area contributed by atoms with Crippen LogP contribution in [0.1, 0.15) is 33.1 Å². The number of hydrogen-bond donors (Lipinski definition) is 1. The van der Waals surface area contributed by atoms with Crippen LogP contribution in [0.3, 0.4) is 0 Å². The van der Waals surface area contributed by atoms with Crippen LogP contribution in [0.2, 0.25) is 0 Å². The van der Waals surface area contributed by atoms with E-state index in [-0.39, 0.29) is 5.54 Å². The summed E-state index contributed by atoms with van der Waals surface area (Å²) in [4.78, 5) is 0. The molecule has 0 radical (unpaired) electrons. The Morgan fingerprint density at radius 1 is 1.40 bits per heavy atom. The number of rotatable bonds is 3. The van der Waals surface area contributed by atoms with Gasteiger partial charge in [0.2, 0.25) is 0 Å². The summed E-state index contributed by atoms with van der Waals surface area (Å²) in [5.41, 5.74) is 0.0458. The normalized spacial score (nSPS) is 34.7. The van der Waals surface area contributed by atoms with Crippen LogP contribution in [0.25, 0.3) is 0 Å². The van der Waals surface area contributed by atoms with Crippen molar-refractivity contribution < 1.29 is 0 Å². The Labute approximate surface area is 96.8 Å².